The first kappa shape index (κ1) is 14.8. The Kier molecular flexibility index (Phi) is 4.62. The van der Waals surface area contributed by atoms with Crippen LogP contribution in [0.2, 0.25) is 5.02 Å². The van der Waals surface area contributed by atoms with Crippen molar-refractivity contribution in [3.05, 3.63) is 40.2 Å². The second-order valence-corrected chi connectivity index (χ2v) is 5.18. The van der Waals surface area contributed by atoms with E-state index in [2.05, 4.69) is 0 Å². The van der Waals surface area contributed by atoms with Crippen LogP contribution in [0.5, 0.6) is 0 Å². The summed E-state index contributed by atoms with van der Waals surface area (Å²) in [5, 5.41) is 18.7. The maximum atomic E-state index is 13.7. The number of piperidine rings is 1. The Morgan fingerprint density at radius 3 is 2.90 bits per heavy atom. The summed E-state index contributed by atoms with van der Waals surface area (Å²) >= 11 is 5.70. The van der Waals surface area contributed by atoms with Crippen molar-refractivity contribution in [1.29, 1.82) is 0 Å². The first-order chi connectivity index (χ1) is 9.51. The van der Waals surface area contributed by atoms with Crippen molar-refractivity contribution >= 4 is 23.8 Å². The summed E-state index contributed by atoms with van der Waals surface area (Å²) in [6.07, 6.45) is 1.16. The fraction of sp³-hybridized carbons (Fsp3) is 0.357. The first-order valence-electron chi connectivity index (χ1n) is 6.25. The molecule has 108 valence electrons. The molecule has 1 heterocycles. The smallest absolute Gasteiger partial charge is 0.407 e. The van der Waals surface area contributed by atoms with Crippen molar-refractivity contribution in [1.82, 2.24) is 4.90 Å². The van der Waals surface area contributed by atoms with Crippen molar-refractivity contribution in [2.24, 2.45) is 5.92 Å². The third kappa shape index (κ3) is 3.29. The van der Waals surface area contributed by atoms with Crippen LogP contribution in [0.1, 0.15) is 12.0 Å². The number of hydrogen-bond acceptors (Lipinski definition) is 2. The van der Waals surface area contributed by atoms with Crippen molar-refractivity contribution in [3.63, 3.8) is 0 Å². The standard InChI is InChI=1S/C14H15ClFNO3/c15-12-2-1-10(13(16)6-12)5-9-3-4-17(14(19)20)7-11(9)8-18/h1-2,5-6,11,18H,3-4,7-8H2,(H,19,20)/b9-5-. The zero-order valence-electron chi connectivity index (χ0n) is 10.7. The maximum Gasteiger partial charge on any atom is 0.407 e. The van der Waals surface area contributed by atoms with E-state index in [4.69, 9.17) is 16.7 Å². The van der Waals surface area contributed by atoms with Gasteiger partial charge in [-0.1, -0.05) is 29.3 Å². The largest absolute Gasteiger partial charge is 0.465 e. The highest BCUT2D eigenvalue weighted by molar-refractivity contribution is 6.30. The van der Waals surface area contributed by atoms with Gasteiger partial charge in [0, 0.05) is 29.6 Å². The molecule has 1 saturated heterocycles. The van der Waals surface area contributed by atoms with Crippen LogP contribution in [0.4, 0.5) is 9.18 Å². The molecule has 2 N–H and O–H groups in total. The molecular formula is C14H15ClFNO3. The molecule has 0 radical (unpaired) electrons. The minimum atomic E-state index is -1.000. The molecule has 6 heteroatoms. The molecule has 0 bridgehead atoms. The molecule has 1 atom stereocenters. The van der Waals surface area contributed by atoms with Gasteiger partial charge in [0.1, 0.15) is 5.82 Å². The van der Waals surface area contributed by atoms with Crippen LogP contribution in [0, 0.1) is 11.7 Å². The molecule has 4 nitrogen and oxygen atoms in total. The third-order valence-corrected chi connectivity index (χ3v) is 3.66. The van der Waals surface area contributed by atoms with Crippen LogP contribution >= 0.6 is 11.6 Å². The molecule has 20 heavy (non-hydrogen) atoms. The van der Waals surface area contributed by atoms with E-state index in [1.165, 1.54) is 11.0 Å². The fourth-order valence-electron chi connectivity index (χ4n) is 2.30. The lowest BCUT2D eigenvalue weighted by Gasteiger charge is -2.32. The zero-order chi connectivity index (χ0) is 14.7. The summed E-state index contributed by atoms with van der Waals surface area (Å²) in [5.41, 5.74) is 1.25. The Morgan fingerprint density at radius 2 is 2.30 bits per heavy atom. The second-order valence-electron chi connectivity index (χ2n) is 4.74. The lowest BCUT2D eigenvalue weighted by atomic mass is 9.90. The molecular weight excluding hydrogens is 285 g/mol. The molecule has 0 aromatic heterocycles. The highest BCUT2D eigenvalue weighted by Crippen LogP contribution is 2.26. The molecule has 0 spiro atoms. The van der Waals surface area contributed by atoms with E-state index in [0.29, 0.717) is 23.6 Å². The molecule has 1 aromatic rings. The number of benzene rings is 1. The molecule has 1 unspecified atom stereocenters. The SMILES string of the molecule is O=C(O)N1CC/C(=C/c2ccc(Cl)cc2F)C(CO)C1. The molecule has 1 amide bonds. The number of aliphatic hydroxyl groups excluding tert-OH is 1. The second kappa shape index (κ2) is 6.24. The summed E-state index contributed by atoms with van der Waals surface area (Å²) in [7, 11) is 0. The molecule has 1 aromatic carbocycles. The number of nitrogens with zero attached hydrogens (tertiary/aromatic N) is 1. The minimum absolute atomic E-state index is 0.162. The van der Waals surface area contributed by atoms with Crippen molar-refractivity contribution in [2.45, 2.75) is 6.42 Å². The predicted molar refractivity (Wildman–Crippen MR) is 74.2 cm³/mol. The van der Waals surface area contributed by atoms with Crippen LogP contribution < -0.4 is 0 Å². The van der Waals surface area contributed by atoms with Crippen LogP contribution in [0.25, 0.3) is 6.08 Å². The Morgan fingerprint density at radius 1 is 1.55 bits per heavy atom. The Balaban J connectivity index is 2.23. The van der Waals surface area contributed by atoms with Crippen molar-refractivity contribution < 1.29 is 19.4 Å². The zero-order valence-corrected chi connectivity index (χ0v) is 11.5. The Labute approximate surface area is 121 Å². The average Bonchev–Trinajstić information content (AvgIpc) is 2.42. The molecule has 1 aliphatic rings. The first-order valence-corrected chi connectivity index (χ1v) is 6.63. The van der Waals surface area contributed by atoms with E-state index in [-0.39, 0.29) is 19.1 Å². The molecule has 1 fully saturated rings. The average molecular weight is 300 g/mol. The Bertz CT molecular complexity index is 547. The lowest BCUT2D eigenvalue weighted by Crippen LogP contribution is -2.41. The molecule has 0 saturated carbocycles. The van der Waals surface area contributed by atoms with Crippen molar-refractivity contribution in [2.75, 3.05) is 19.7 Å². The topological polar surface area (TPSA) is 60.8 Å². The van der Waals surface area contributed by atoms with Gasteiger partial charge in [0.25, 0.3) is 0 Å². The van der Waals surface area contributed by atoms with E-state index >= 15 is 0 Å². The van der Waals surface area contributed by atoms with Gasteiger partial charge in [0.2, 0.25) is 0 Å². The van der Waals surface area contributed by atoms with Crippen LogP contribution in [-0.4, -0.2) is 40.9 Å². The minimum Gasteiger partial charge on any atom is -0.465 e. The fourth-order valence-corrected chi connectivity index (χ4v) is 2.46. The van der Waals surface area contributed by atoms with E-state index in [9.17, 15) is 14.3 Å². The lowest BCUT2D eigenvalue weighted by molar-refractivity contribution is 0.119. The summed E-state index contributed by atoms with van der Waals surface area (Å²) < 4.78 is 13.7. The number of likely N-dealkylation sites (tertiary alicyclic amines) is 1. The number of aliphatic hydroxyl groups is 1. The molecule has 0 aliphatic carbocycles. The van der Waals surface area contributed by atoms with Gasteiger partial charge in [-0.05, 0) is 18.6 Å². The number of rotatable bonds is 2. The van der Waals surface area contributed by atoms with Gasteiger partial charge in [-0.25, -0.2) is 9.18 Å². The van der Waals surface area contributed by atoms with Crippen molar-refractivity contribution in [3.8, 4) is 0 Å². The van der Waals surface area contributed by atoms with Gasteiger partial charge in [-0.15, -0.1) is 0 Å². The van der Waals surface area contributed by atoms with Gasteiger partial charge in [-0.2, -0.15) is 0 Å². The van der Waals surface area contributed by atoms with E-state index < -0.39 is 11.9 Å². The summed E-state index contributed by atoms with van der Waals surface area (Å²) in [4.78, 5) is 12.2. The molecule has 1 aliphatic heterocycles. The summed E-state index contributed by atoms with van der Waals surface area (Å²) in [6, 6.07) is 4.40. The predicted octanol–water partition coefficient (Wildman–Crippen LogP) is 2.85. The van der Waals surface area contributed by atoms with Gasteiger partial charge < -0.3 is 15.1 Å². The van der Waals surface area contributed by atoms with Crippen LogP contribution in [0.15, 0.2) is 23.8 Å². The van der Waals surface area contributed by atoms with Gasteiger partial charge in [0.05, 0.1) is 6.61 Å². The van der Waals surface area contributed by atoms with Gasteiger partial charge in [0.15, 0.2) is 0 Å². The quantitative estimate of drug-likeness (QED) is 0.883. The highest BCUT2D eigenvalue weighted by atomic mass is 35.5. The Hall–Kier alpha value is -1.59. The van der Waals surface area contributed by atoms with Crippen LogP contribution in [-0.2, 0) is 0 Å². The number of halogens is 2. The van der Waals surface area contributed by atoms with Gasteiger partial charge in [-0.3, -0.25) is 0 Å². The molecule has 2 rings (SSSR count). The number of hydrogen-bond donors (Lipinski definition) is 2. The summed E-state index contributed by atoms with van der Waals surface area (Å²) in [5.74, 6) is -0.725. The summed E-state index contributed by atoms with van der Waals surface area (Å²) in [6.45, 7) is 0.421. The number of carbonyl (C=O) groups is 1. The normalized spacial score (nSPS) is 21.2. The number of amides is 1. The third-order valence-electron chi connectivity index (χ3n) is 3.43. The van der Waals surface area contributed by atoms with E-state index in [1.54, 1.807) is 18.2 Å². The van der Waals surface area contributed by atoms with Gasteiger partial charge >= 0.3 is 6.09 Å². The monoisotopic (exact) mass is 299 g/mol. The maximum absolute atomic E-state index is 13.7. The van der Waals surface area contributed by atoms with E-state index in [1.807, 2.05) is 0 Å². The van der Waals surface area contributed by atoms with Crippen LogP contribution in [0.3, 0.4) is 0 Å². The highest BCUT2D eigenvalue weighted by Gasteiger charge is 2.26. The number of carboxylic acid groups (broad SMARTS) is 1. The van der Waals surface area contributed by atoms with E-state index in [0.717, 1.165) is 5.57 Å².